The third-order valence-corrected chi connectivity index (χ3v) is 6.50. The van der Waals surface area contributed by atoms with Crippen LogP contribution in [0, 0.1) is 0 Å². The Morgan fingerprint density at radius 2 is 1.14 bits per heavy atom. The van der Waals surface area contributed by atoms with E-state index in [0.717, 1.165) is 38.4 Å². The van der Waals surface area contributed by atoms with E-state index in [9.17, 15) is 42.8 Å². The molecule has 16 nitrogen and oxygen atoms in total. The van der Waals surface area contributed by atoms with Crippen LogP contribution in [0.1, 0.15) is 90.4 Å². The molecule has 0 atom stereocenters. The fourth-order valence-corrected chi connectivity index (χ4v) is 4.20. The standard InChI is InChI=1S/C26H50N6O10S/c1-22(33)28-17-7-4-8-18-29-23(34)12-13-24(35)30(38)20-10-5-11-21-32(42-43(2,40)41)26(37)15-14-25(36)31(39)19-9-3-6-16-27/h38-39H,3-21,27H2,1-2H3,(H,28,33)(H,29,34). The number of hydroxylamine groups is 6. The van der Waals surface area contributed by atoms with Crippen LogP contribution >= 0.6 is 0 Å². The van der Waals surface area contributed by atoms with Crippen LogP contribution in [0.3, 0.4) is 0 Å². The molecule has 0 aliphatic heterocycles. The van der Waals surface area contributed by atoms with Gasteiger partial charge in [-0.05, 0) is 57.9 Å². The number of amides is 5. The maximum Gasteiger partial charge on any atom is 0.285 e. The number of nitrogens with two attached hydrogens (primary N) is 1. The minimum absolute atomic E-state index is 0.0260. The average Bonchev–Trinajstić information content (AvgIpc) is 2.94. The average molecular weight is 639 g/mol. The van der Waals surface area contributed by atoms with E-state index in [0.29, 0.717) is 54.1 Å². The highest BCUT2D eigenvalue weighted by Crippen LogP contribution is 2.09. The van der Waals surface area contributed by atoms with Crippen molar-refractivity contribution in [3.8, 4) is 0 Å². The molecule has 0 heterocycles. The van der Waals surface area contributed by atoms with Crippen LogP contribution in [0.2, 0.25) is 0 Å². The van der Waals surface area contributed by atoms with Gasteiger partial charge in [-0.2, -0.15) is 8.42 Å². The quantitative estimate of drug-likeness (QED) is 0.0523. The van der Waals surface area contributed by atoms with Crippen molar-refractivity contribution in [2.45, 2.75) is 90.4 Å². The normalized spacial score (nSPS) is 11.1. The van der Waals surface area contributed by atoms with Crippen molar-refractivity contribution in [2.24, 2.45) is 5.73 Å². The molecule has 0 aromatic carbocycles. The van der Waals surface area contributed by atoms with Gasteiger partial charge >= 0.3 is 0 Å². The summed E-state index contributed by atoms with van der Waals surface area (Å²) in [6.45, 7) is 2.94. The van der Waals surface area contributed by atoms with Gasteiger partial charge in [-0.15, -0.1) is 4.28 Å². The van der Waals surface area contributed by atoms with Crippen molar-refractivity contribution >= 4 is 39.7 Å². The summed E-state index contributed by atoms with van der Waals surface area (Å²) in [6, 6.07) is 0. The predicted molar refractivity (Wildman–Crippen MR) is 155 cm³/mol. The Balaban J connectivity index is 4.31. The summed E-state index contributed by atoms with van der Waals surface area (Å²) in [5, 5.41) is 26.8. The molecular weight excluding hydrogens is 588 g/mol. The van der Waals surface area contributed by atoms with Crippen LogP contribution in [-0.4, -0.2) is 109 Å². The minimum atomic E-state index is -4.03. The van der Waals surface area contributed by atoms with Gasteiger partial charge < -0.3 is 16.4 Å². The molecular formula is C26H50N6O10S. The van der Waals surface area contributed by atoms with E-state index < -0.39 is 27.8 Å². The molecule has 0 aliphatic rings. The number of hydrogen-bond donors (Lipinski definition) is 5. The number of unbranched alkanes of at least 4 members (excludes halogenated alkanes) is 6. The maximum atomic E-state index is 12.5. The molecule has 0 bridgehead atoms. The van der Waals surface area contributed by atoms with Crippen LogP contribution in [-0.2, 0) is 38.4 Å². The molecule has 0 spiro atoms. The topological polar surface area (TPSA) is 229 Å². The van der Waals surface area contributed by atoms with Gasteiger partial charge in [0.25, 0.3) is 10.1 Å². The third kappa shape index (κ3) is 23.3. The lowest BCUT2D eigenvalue weighted by Gasteiger charge is -2.21. The highest BCUT2D eigenvalue weighted by molar-refractivity contribution is 7.85. The summed E-state index contributed by atoms with van der Waals surface area (Å²) in [5.74, 6) is -2.45. The van der Waals surface area contributed by atoms with Crippen molar-refractivity contribution < 1.29 is 47.1 Å². The van der Waals surface area contributed by atoms with Gasteiger partial charge in [0.15, 0.2) is 0 Å². The smallest absolute Gasteiger partial charge is 0.285 e. The SMILES string of the molecule is CC(=O)NCCCCCNC(=O)CCC(=O)N(O)CCCCCN(OS(C)(=O)=O)C(=O)CCC(=O)N(O)CCCCCN. The number of carbonyl (C=O) groups excluding carboxylic acids is 5. The second kappa shape index (κ2) is 23.6. The number of carbonyl (C=O) groups is 5. The van der Waals surface area contributed by atoms with Crippen molar-refractivity contribution in [1.82, 2.24) is 25.8 Å². The van der Waals surface area contributed by atoms with E-state index in [-0.39, 0.29) is 63.6 Å². The predicted octanol–water partition coefficient (Wildman–Crippen LogP) is 0.424. The highest BCUT2D eigenvalue weighted by atomic mass is 32.2. The Labute approximate surface area is 254 Å². The van der Waals surface area contributed by atoms with Crippen LogP contribution in [0.5, 0.6) is 0 Å². The molecule has 17 heteroatoms. The molecule has 0 aromatic heterocycles. The lowest BCUT2D eigenvalue weighted by Crippen LogP contribution is -2.36. The van der Waals surface area contributed by atoms with Gasteiger partial charge in [0, 0.05) is 58.8 Å². The van der Waals surface area contributed by atoms with Gasteiger partial charge in [-0.1, -0.05) is 6.42 Å². The molecule has 0 fully saturated rings. The van der Waals surface area contributed by atoms with E-state index in [1.54, 1.807) is 0 Å². The van der Waals surface area contributed by atoms with Gasteiger partial charge in [0.05, 0.1) is 12.8 Å². The molecule has 0 saturated carbocycles. The van der Waals surface area contributed by atoms with E-state index in [4.69, 9.17) is 10.0 Å². The summed E-state index contributed by atoms with van der Waals surface area (Å²) in [6.07, 6.45) is 5.22. The van der Waals surface area contributed by atoms with Crippen LogP contribution in [0.25, 0.3) is 0 Å². The molecule has 43 heavy (non-hydrogen) atoms. The second-order valence-corrected chi connectivity index (χ2v) is 11.7. The molecule has 250 valence electrons. The Morgan fingerprint density at radius 1 is 0.674 bits per heavy atom. The second-order valence-electron chi connectivity index (χ2n) is 10.1. The first-order chi connectivity index (χ1) is 20.3. The summed E-state index contributed by atoms with van der Waals surface area (Å²) < 4.78 is 28.0. The maximum absolute atomic E-state index is 12.5. The van der Waals surface area contributed by atoms with Crippen molar-refractivity contribution in [3.05, 3.63) is 0 Å². The fourth-order valence-electron chi connectivity index (χ4n) is 3.72. The van der Waals surface area contributed by atoms with Crippen molar-refractivity contribution in [3.63, 3.8) is 0 Å². The molecule has 6 N–H and O–H groups in total. The number of nitrogens with one attached hydrogen (secondary N) is 2. The van der Waals surface area contributed by atoms with Crippen molar-refractivity contribution in [2.75, 3.05) is 45.5 Å². The molecule has 5 amide bonds. The monoisotopic (exact) mass is 638 g/mol. The van der Waals surface area contributed by atoms with Gasteiger partial charge in [-0.25, -0.2) is 15.2 Å². The zero-order valence-corrected chi connectivity index (χ0v) is 26.2. The summed E-state index contributed by atoms with van der Waals surface area (Å²) in [5.41, 5.74) is 5.40. The van der Waals surface area contributed by atoms with E-state index in [1.807, 2.05) is 0 Å². The largest absolute Gasteiger partial charge is 0.356 e. The molecule has 0 saturated heterocycles. The first kappa shape index (κ1) is 40.1. The van der Waals surface area contributed by atoms with Crippen LogP contribution < -0.4 is 16.4 Å². The third-order valence-electron chi connectivity index (χ3n) is 6.05. The van der Waals surface area contributed by atoms with E-state index in [1.165, 1.54) is 6.92 Å². The number of rotatable bonds is 25. The molecule has 0 aromatic rings. The lowest BCUT2D eigenvalue weighted by molar-refractivity contribution is -0.168. The zero-order chi connectivity index (χ0) is 32.7. The number of hydrogen-bond acceptors (Lipinski definition) is 11. The Morgan fingerprint density at radius 3 is 1.67 bits per heavy atom. The summed E-state index contributed by atoms with van der Waals surface area (Å²) in [4.78, 5) is 59.4. The minimum Gasteiger partial charge on any atom is -0.356 e. The molecule has 0 rings (SSSR count). The highest BCUT2D eigenvalue weighted by Gasteiger charge is 2.22. The van der Waals surface area contributed by atoms with Crippen LogP contribution in [0.4, 0.5) is 0 Å². The van der Waals surface area contributed by atoms with E-state index in [2.05, 4.69) is 10.6 Å². The van der Waals surface area contributed by atoms with Crippen molar-refractivity contribution in [1.29, 1.82) is 0 Å². The Hall–Kier alpha value is -2.86. The first-order valence-corrected chi connectivity index (χ1v) is 16.5. The first-order valence-electron chi connectivity index (χ1n) is 14.7. The molecule has 0 aliphatic carbocycles. The Bertz CT molecular complexity index is 966. The van der Waals surface area contributed by atoms with Gasteiger partial charge in [0.2, 0.25) is 29.5 Å². The summed E-state index contributed by atoms with van der Waals surface area (Å²) >= 11 is 0. The van der Waals surface area contributed by atoms with Crippen LogP contribution in [0.15, 0.2) is 0 Å². The molecule has 0 unspecified atom stereocenters. The zero-order valence-electron chi connectivity index (χ0n) is 25.4. The Kier molecular flexibility index (Phi) is 22.0. The molecule has 0 radical (unpaired) electrons. The lowest BCUT2D eigenvalue weighted by atomic mass is 10.2. The van der Waals surface area contributed by atoms with Gasteiger partial charge in [-0.3, -0.25) is 34.4 Å². The summed E-state index contributed by atoms with van der Waals surface area (Å²) in [7, 11) is -4.03. The number of nitrogens with zero attached hydrogens (tertiary/aromatic N) is 3. The van der Waals surface area contributed by atoms with E-state index >= 15 is 0 Å². The van der Waals surface area contributed by atoms with Gasteiger partial charge in [0.1, 0.15) is 0 Å². The fraction of sp³-hybridized carbons (Fsp3) is 0.808.